The first kappa shape index (κ1) is 29.8. The predicted octanol–water partition coefficient (Wildman–Crippen LogP) is 7.06. The van der Waals surface area contributed by atoms with Gasteiger partial charge in [-0.25, -0.2) is 4.68 Å². The second-order valence-corrected chi connectivity index (χ2v) is 11.1. The third-order valence-corrected chi connectivity index (χ3v) is 7.89. The van der Waals surface area contributed by atoms with Crippen molar-refractivity contribution < 1.29 is 19.0 Å². The van der Waals surface area contributed by atoms with E-state index >= 15 is 0 Å². The number of amides is 1. The molecule has 1 unspecified atom stereocenters. The van der Waals surface area contributed by atoms with E-state index in [1.165, 1.54) is 0 Å². The van der Waals surface area contributed by atoms with Crippen molar-refractivity contribution >= 4 is 45.2 Å². The van der Waals surface area contributed by atoms with E-state index in [9.17, 15) is 4.79 Å². The Kier molecular flexibility index (Phi) is 10.4. The summed E-state index contributed by atoms with van der Waals surface area (Å²) < 4.78 is 20.0. The highest BCUT2D eigenvalue weighted by Gasteiger charge is 2.35. The molecule has 0 saturated heterocycles. The van der Waals surface area contributed by atoms with E-state index in [0.717, 1.165) is 35.1 Å². The van der Waals surface area contributed by atoms with Gasteiger partial charge in [0.1, 0.15) is 11.8 Å². The Morgan fingerprint density at radius 2 is 1.95 bits per heavy atom. The van der Waals surface area contributed by atoms with Crippen LogP contribution in [0.4, 0.5) is 11.6 Å². The number of halogens is 1. The topological polar surface area (TPSA) is 99.5 Å². The van der Waals surface area contributed by atoms with Gasteiger partial charge < -0.3 is 24.8 Å². The van der Waals surface area contributed by atoms with E-state index < -0.39 is 6.04 Å². The quantitative estimate of drug-likeness (QED) is 0.153. The average Bonchev–Trinajstić information content (AvgIpc) is 3.35. The van der Waals surface area contributed by atoms with E-state index in [1.807, 2.05) is 50.2 Å². The molecule has 1 aromatic heterocycles. The van der Waals surface area contributed by atoms with Crippen LogP contribution in [0.25, 0.3) is 0 Å². The molecule has 11 heteroatoms. The zero-order valence-corrected chi connectivity index (χ0v) is 25.9. The third kappa shape index (κ3) is 6.58. The number of thioether (sulfide) groups is 1. The summed E-state index contributed by atoms with van der Waals surface area (Å²) in [4.78, 5) is 18.7. The minimum atomic E-state index is -0.575. The first-order valence-electron chi connectivity index (χ1n) is 13.5. The number of benzene rings is 2. The number of unbranched alkanes of at least 4 members (excludes halogenated alkanes) is 1. The van der Waals surface area contributed by atoms with Crippen molar-refractivity contribution in [2.24, 2.45) is 0 Å². The minimum Gasteiger partial charge on any atom is -0.493 e. The number of nitrogens with zero attached hydrogens (tertiary/aromatic N) is 3. The van der Waals surface area contributed by atoms with E-state index in [-0.39, 0.29) is 5.91 Å². The Morgan fingerprint density at radius 3 is 2.67 bits per heavy atom. The number of allylic oxidation sites excluding steroid dienone is 1. The molecule has 2 N–H and O–H groups in total. The van der Waals surface area contributed by atoms with Crippen LogP contribution in [0.2, 0.25) is 0 Å². The highest BCUT2D eigenvalue weighted by atomic mass is 79.9. The largest absolute Gasteiger partial charge is 0.493 e. The van der Waals surface area contributed by atoms with Gasteiger partial charge in [-0.3, -0.25) is 4.79 Å². The molecule has 2 aromatic carbocycles. The van der Waals surface area contributed by atoms with Crippen molar-refractivity contribution in [1.29, 1.82) is 0 Å². The van der Waals surface area contributed by atoms with Crippen LogP contribution in [0.3, 0.4) is 0 Å². The molecule has 3 aromatic rings. The van der Waals surface area contributed by atoms with Gasteiger partial charge in [-0.2, -0.15) is 4.98 Å². The highest BCUT2D eigenvalue weighted by Crippen LogP contribution is 2.43. The van der Waals surface area contributed by atoms with E-state index in [1.54, 1.807) is 23.6 Å². The fourth-order valence-corrected chi connectivity index (χ4v) is 5.64. The summed E-state index contributed by atoms with van der Waals surface area (Å²) in [7, 11) is 1.61. The van der Waals surface area contributed by atoms with Crippen LogP contribution in [0.5, 0.6) is 17.2 Å². The smallest absolute Gasteiger partial charge is 0.255 e. The van der Waals surface area contributed by atoms with Crippen LogP contribution < -0.4 is 24.8 Å². The molecule has 0 bridgehead atoms. The molecule has 40 heavy (non-hydrogen) atoms. The maximum atomic E-state index is 14.0. The molecule has 2 heterocycles. The number of nitrogens with one attached hydrogen (secondary N) is 2. The molecule has 0 saturated carbocycles. The predicted molar refractivity (Wildman–Crippen MR) is 163 cm³/mol. The number of carbonyl (C=O) groups is 1. The van der Waals surface area contributed by atoms with Crippen LogP contribution >= 0.6 is 27.7 Å². The summed E-state index contributed by atoms with van der Waals surface area (Å²) >= 11 is 5.27. The van der Waals surface area contributed by atoms with Gasteiger partial charge in [0.2, 0.25) is 11.1 Å². The Balaban J connectivity index is 1.80. The van der Waals surface area contributed by atoms with Gasteiger partial charge in [-0.05, 0) is 72.4 Å². The van der Waals surface area contributed by atoms with Gasteiger partial charge in [-0.1, -0.05) is 44.2 Å². The first-order valence-corrected chi connectivity index (χ1v) is 15.3. The third-order valence-electron chi connectivity index (χ3n) is 6.26. The molecule has 1 atom stereocenters. The standard InChI is InChI=1S/C29H36BrN5O4S/c1-6-9-14-39-26-20(30)16-19(17-23(26)37-5)25-24(27(36)32-21-12-10-11-13-22(21)38-8-3)18(4)31-28-33-29(34-35(25)28)40-15-7-2/h10-13,16-17,25H,6-9,14-15H2,1-5H3,(H,32,36)(H,31,33,34). The number of ether oxygens (including phenoxy) is 3. The maximum Gasteiger partial charge on any atom is 0.255 e. The van der Waals surface area contributed by atoms with Crippen molar-refractivity contribution in [3.05, 3.63) is 57.7 Å². The lowest BCUT2D eigenvalue weighted by Crippen LogP contribution is -2.31. The van der Waals surface area contributed by atoms with Crippen LogP contribution in [-0.2, 0) is 4.79 Å². The zero-order chi connectivity index (χ0) is 28.6. The molecule has 1 aliphatic heterocycles. The Labute approximate surface area is 248 Å². The summed E-state index contributed by atoms with van der Waals surface area (Å²) in [5.41, 5.74) is 2.58. The zero-order valence-electron chi connectivity index (χ0n) is 23.5. The lowest BCUT2D eigenvalue weighted by atomic mass is 9.94. The molecule has 0 spiro atoms. The number of hydrogen-bond donors (Lipinski definition) is 2. The molecular weight excluding hydrogens is 594 g/mol. The van der Waals surface area contributed by atoms with Gasteiger partial charge in [0.25, 0.3) is 5.91 Å². The number of fused-ring (bicyclic) bond motifs is 1. The molecule has 0 radical (unpaired) electrons. The summed E-state index contributed by atoms with van der Waals surface area (Å²) in [6, 6.07) is 10.7. The number of para-hydroxylation sites is 2. The van der Waals surface area contributed by atoms with Crippen molar-refractivity contribution in [2.75, 3.05) is 36.7 Å². The van der Waals surface area contributed by atoms with Crippen molar-refractivity contribution in [3.8, 4) is 17.2 Å². The first-order chi connectivity index (χ1) is 19.4. The molecule has 9 nitrogen and oxygen atoms in total. The Morgan fingerprint density at radius 1 is 1.15 bits per heavy atom. The second-order valence-electron chi connectivity index (χ2n) is 9.20. The van der Waals surface area contributed by atoms with E-state index in [2.05, 4.69) is 40.4 Å². The summed E-state index contributed by atoms with van der Waals surface area (Å²) in [5, 5.41) is 11.8. The number of carbonyl (C=O) groups excluding carboxylic acids is 1. The van der Waals surface area contributed by atoms with E-state index in [4.69, 9.17) is 24.3 Å². The second kappa shape index (κ2) is 13.9. The van der Waals surface area contributed by atoms with Crippen molar-refractivity contribution in [2.45, 2.75) is 58.2 Å². The molecule has 1 amide bonds. The fraction of sp³-hybridized carbons (Fsp3) is 0.414. The lowest BCUT2D eigenvalue weighted by molar-refractivity contribution is -0.113. The number of anilines is 2. The molecule has 0 fully saturated rings. The molecule has 4 rings (SSSR count). The van der Waals surface area contributed by atoms with Gasteiger partial charge in [0.15, 0.2) is 11.5 Å². The molecule has 0 aliphatic carbocycles. The van der Waals surface area contributed by atoms with Crippen molar-refractivity contribution in [1.82, 2.24) is 14.8 Å². The van der Waals surface area contributed by atoms with Crippen LogP contribution in [0.15, 0.2) is 57.3 Å². The van der Waals surface area contributed by atoms with Gasteiger partial charge >= 0.3 is 0 Å². The van der Waals surface area contributed by atoms with Crippen LogP contribution in [0.1, 0.15) is 58.6 Å². The molecular formula is C29H36BrN5O4S. The molecule has 1 aliphatic rings. The minimum absolute atomic E-state index is 0.274. The normalized spacial score (nSPS) is 14.4. The number of hydrogen-bond acceptors (Lipinski definition) is 8. The van der Waals surface area contributed by atoms with E-state index in [0.29, 0.717) is 58.5 Å². The average molecular weight is 631 g/mol. The monoisotopic (exact) mass is 629 g/mol. The highest BCUT2D eigenvalue weighted by molar-refractivity contribution is 9.10. The summed E-state index contributed by atoms with van der Waals surface area (Å²) in [6.45, 7) is 9.09. The van der Waals surface area contributed by atoms with Crippen LogP contribution in [0, 0.1) is 0 Å². The lowest BCUT2D eigenvalue weighted by Gasteiger charge is -2.29. The van der Waals surface area contributed by atoms with Crippen molar-refractivity contribution in [3.63, 3.8) is 0 Å². The SMILES string of the molecule is CCCCOc1c(Br)cc(C2C(C(=O)Nc3ccccc3OCC)=C(C)Nc3nc(SCCC)nn32)cc1OC. The fourth-order valence-electron chi connectivity index (χ4n) is 4.39. The Bertz CT molecular complexity index is 1380. The maximum absolute atomic E-state index is 14.0. The number of aromatic nitrogens is 3. The van der Waals surface area contributed by atoms with Gasteiger partial charge in [-0.15, -0.1) is 5.10 Å². The van der Waals surface area contributed by atoms with Gasteiger partial charge in [0.05, 0.1) is 36.1 Å². The summed E-state index contributed by atoms with van der Waals surface area (Å²) in [6.07, 6.45) is 2.95. The van der Waals surface area contributed by atoms with Crippen LogP contribution in [-0.4, -0.2) is 46.7 Å². The summed E-state index contributed by atoms with van der Waals surface area (Å²) in [5.74, 6) is 3.00. The molecule has 214 valence electrons. The van der Waals surface area contributed by atoms with Gasteiger partial charge in [0, 0.05) is 11.4 Å². The number of rotatable bonds is 13. The Hall–Kier alpha value is -3.18. The number of methoxy groups -OCH3 is 1.